The molecule has 2 aliphatic rings. The van der Waals surface area contributed by atoms with Crippen LogP contribution < -0.4 is 4.90 Å². The van der Waals surface area contributed by atoms with Crippen LogP contribution in [0.1, 0.15) is 255 Å². The lowest BCUT2D eigenvalue weighted by Gasteiger charge is -2.32. The van der Waals surface area contributed by atoms with Crippen LogP contribution in [0.5, 0.6) is 0 Å². The summed E-state index contributed by atoms with van der Waals surface area (Å²) >= 11 is 6.51. The molecule has 0 bridgehead atoms. The number of likely N-dealkylation sites (N-methyl/N-ethyl adjacent to an activating group) is 1. The van der Waals surface area contributed by atoms with Gasteiger partial charge in [-0.2, -0.15) is 5.26 Å². The molecule has 2 saturated heterocycles. The number of imide groups is 1. The second-order valence-electron chi connectivity index (χ2n) is 18.6. The number of nitriles is 1. The van der Waals surface area contributed by atoms with Crippen molar-refractivity contribution >= 4 is 29.2 Å². The molecule has 1 spiro atoms. The van der Waals surface area contributed by atoms with Gasteiger partial charge in [-0.15, -0.1) is 0 Å². The zero-order valence-electron chi connectivity index (χ0n) is 38.4. The Balaban J connectivity index is 1.44. The molecule has 1 unspecified atom stereocenters. The maximum absolute atomic E-state index is 14.4. The van der Waals surface area contributed by atoms with Crippen molar-refractivity contribution in [3.8, 4) is 6.07 Å². The van der Waals surface area contributed by atoms with Crippen LogP contribution in [0.15, 0.2) is 12.1 Å². The number of nitrogens with zero attached hydrogens (tertiary/aromatic N) is 3. The van der Waals surface area contributed by atoms with Crippen LogP contribution in [0.2, 0.25) is 5.02 Å². The first-order valence-corrected chi connectivity index (χ1v) is 25.7. The Morgan fingerprint density at radius 2 is 0.864 bits per heavy atom. The average Bonchev–Trinajstić information content (AvgIpc) is 3.41. The predicted octanol–water partition coefficient (Wildman–Crippen LogP) is 16.5. The van der Waals surface area contributed by atoms with Crippen LogP contribution in [0.4, 0.5) is 10.5 Å². The summed E-state index contributed by atoms with van der Waals surface area (Å²) in [7, 11) is 1.75. The summed E-state index contributed by atoms with van der Waals surface area (Å²) in [6.45, 7) is 2.57. The summed E-state index contributed by atoms with van der Waals surface area (Å²) in [5, 5.41) is 9.77. The van der Waals surface area contributed by atoms with Crippen LogP contribution in [0.25, 0.3) is 0 Å². The predicted molar refractivity (Wildman–Crippen MR) is 251 cm³/mol. The van der Waals surface area contributed by atoms with Crippen LogP contribution >= 0.6 is 11.6 Å². The van der Waals surface area contributed by atoms with E-state index in [1.165, 1.54) is 210 Å². The van der Waals surface area contributed by atoms with Gasteiger partial charge in [-0.25, -0.2) is 9.69 Å². The van der Waals surface area contributed by atoms with E-state index in [0.717, 1.165) is 32.1 Å². The van der Waals surface area contributed by atoms with Gasteiger partial charge < -0.3 is 9.64 Å². The Morgan fingerprint density at radius 3 is 1.20 bits per heavy atom. The minimum absolute atomic E-state index is 0.202. The molecule has 3 amide bonds. The van der Waals surface area contributed by atoms with E-state index in [1.54, 1.807) is 31.0 Å². The fraction of sp³-hybridized carbons (Fsp3) is 0.827. The highest BCUT2D eigenvalue weighted by atomic mass is 35.5. The quantitative estimate of drug-likeness (QED) is 0.264. The SMILES string of the molecule is Cc1c(N2C(=O)N(C)C3(CCCCCCCCCCCCCCCCCCCCCCCCCCCCCCCCCCCCCCCOC3)C2=O)ccc(C#N)c1Cl. The van der Waals surface area contributed by atoms with E-state index in [0.29, 0.717) is 29.8 Å². The normalized spacial score (nSPS) is 24.2. The Bertz CT molecular complexity index is 1270. The third-order valence-electron chi connectivity index (χ3n) is 13.7. The molecule has 336 valence electrons. The zero-order chi connectivity index (χ0) is 42.2. The van der Waals surface area contributed by atoms with Crippen molar-refractivity contribution < 1.29 is 14.3 Å². The molecule has 0 aliphatic carbocycles. The van der Waals surface area contributed by atoms with E-state index in [9.17, 15) is 14.9 Å². The summed E-state index contributed by atoms with van der Waals surface area (Å²) in [6, 6.07) is 5.02. The van der Waals surface area contributed by atoms with Gasteiger partial charge in [-0.05, 0) is 37.5 Å². The van der Waals surface area contributed by atoms with E-state index in [1.807, 2.05) is 0 Å². The molecule has 0 aromatic heterocycles. The van der Waals surface area contributed by atoms with Gasteiger partial charge in [0.2, 0.25) is 0 Å². The van der Waals surface area contributed by atoms with E-state index < -0.39 is 5.54 Å². The van der Waals surface area contributed by atoms with Gasteiger partial charge in [0.05, 0.1) is 22.9 Å². The Hall–Kier alpha value is -2.10. The first-order valence-electron chi connectivity index (χ1n) is 25.3. The number of carbonyl (C=O) groups is 2. The van der Waals surface area contributed by atoms with Crippen molar-refractivity contribution in [1.29, 1.82) is 5.26 Å². The number of rotatable bonds is 1. The minimum atomic E-state index is -1.05. The molecule has 0 saturated carbocycles. The van der Waals surface area contributed by atoms with Gasteiger partial charge in [0.25, 0.3) is 5.91 Å². The Kier molecular flexibility index (Phi) is 28.3. The maximum Gasteiger partial charge on any atom is 0.332 e. The van der Waals surface area contributed by atoms with Crippen molar-refractivity contribution in [1.82, 2.24) is 4.90 Å². The van der Waals surface area contributed by atoms with E-state index >= 15 is 0 Å². The fourth-order valence-corrected chi connectivity index (χ4v) is 9.74. The second kappa shape index (κ2) is 32.6. The number of anilines is 1. The summed E-state index contributed by atoms with van der Waals surface area (Å²) in [5.41, 5.74) is 0.307. The molecule has 59 heavy (non-hydrogen) atoms. The summed E-state index contributed by atoms with van der Waals surface area (Å²) < 4.78 is 6.29. The summed E-state index contributed by atoms with van der Waals surface area (Å²) in [4.78, 5) is 31.1. The topological polar surface area (TPSA) is 73.6 Å². The maximum atomic E-state index is 14.4. The van der Waals surface area contributed by atoms with Gasteiger partial charge in [-0.3, -0.25) is 4.79 Å². The van der Waals surface area contributed by atoms with Gasteiger partial charge in [0.15, 0.2) is 0 Å². The third-order valence-corrected chi connectivity index (χ3v) is 14.1. The van der Waals surface area contributed by atoms with Gasteiger partial charge in [-0.1, -0.05) is 243 Å². The largest absolute Gasteiger partial charge is 0.378 e. The number of ether oxygens (including phenoxy) is 1. The van der Waals surface area contributed by atoms with E-state index in [2.05, 4.69) is 6.07 Å². The van der Waals surface area contributed by atoms with Crippen molar-refractivity contribution in [2.75, 3.05) is 25.2 Å². The van der Waals surface area contributed by atoms with Crippen molar-refractivity contribution in [3.63, 3.8) is 0 Å². The standard InChI is InChI=1S/C52H88ClN3O3/c1-46-48(41-40-47(44-54)49(46)53)56-50(57)52(55(2)51(56)58)42-38-36-34-32-30-28-26-24-22-20-18-16-14-12-10-8-6-4-3-5-7-9-11-13-15-17-19-21-23-25-27-29-31-33-35-37-39-43-59-45-52/h40-41H,3-39,42-43,45H2,1-2H3. The van der Waals surface area contributed by atoms with Gasteiger partial charge in [0.1, 0.15) is 11.6 Å². The number of carbonyl (C=O) groups excluding carboxylic acids is 2. The molecule has 2 aliphatic heterocycles. The number of benzene rings is 1. The fourth-order valence-electron chi connectivity index (χ4n) is 9.54. The van der Waals surface area contributed by atoms with Crippen LogP contribution in [0, 0.1) is 18.3 Å². The molecule has 1 aromatic carbocycles. The van der Waals surface area contributed by atoms with Crippen LogP contribution in [-0.4, -0.2) is 42.6 Å². The van der Waals surface area contributed by atoms with Gasteiger partial charge >= 0.3 is 6.03 Å². The summed E-state index contributed by atoms with van der Waals surface area (Å²) in [5.74, 6) is -0.245. The highest BCUT2D eigenvalue weighted by Gasteiger charge is 2.56. The number of hydrogen-bond donors (Lipinski definition) is 0. The molecule has 2 fully saturated rings. The first kappa shape index (κ1) is 51.3. The van der Waals surface area contributed by atoms with Crippen molar-refractivity contribution in [2.45, 2.75) is 256 Å². The number of halogens is 1. The second-order valence-corrected chi connectivity index (χ2v) is 19.0. The highest BCUT2D eigenvalue weighted by molar-refractivity contribution is 6.33. The average molecular weight is 839 g/mol. The lowest BCUT2D eigenvalue weighted by atomic mass is 9.90. The lowest BCUT2D eigenvalue weighted by Crippen LogP contribution is -2.52. The van der Waals surface area contributed by atoms with Crippen molar-refractivity contribution in [2.24, 2.45) is 0 Å². The van der Waals surface area contributed by atoms with Crippen molar-refractivity contribution in [3.05, 3.63) is 28.3 Å². The van der Waals surface area contributed by atoms with Crippen LogP contribution in [0.3, 0.4) is 0 Å². The molecule has 1 atom stereocenters. The monoisotopic (exact) mass is 838 g/mol. The van der Waals surface area contributed by atoms with E-state index in [-0.39, 0.29) is 23.6 Å². The van der Waals surface area contributed by atoms with Gasteiger partial charge in [0, 0.05) is 13.7 Å². The number of urea groups is 1. The smallest absolute Gasteiger partial charge is 0.332 e. The molecule has 6 nitrogen and oxygen atoms in total. The Labute approximate surface area is 368 Å². The molecule has 2 heterocycles. The molecule has 0 radical (unpaired) electrons. The van der Waals surface area contributed by atoms with Crippen LogP contribution in [-0.2, 0) is 9.53 Å². The molecule has 0 N–H and O–H groups in total. The number of amides is 3. The highest BCUT2D eigenvalue weighted by Crippen LogP contribution is 2.39. The molecular formula is C52H88ClN3O3. The summed E-state index contributed by atoms with van der Waals surface area (Å²) in [6.07, 6.45) is 50.3. The lowest BCUT2D eigenvalue weighted by molar-refractivity contribution is -0.128. The molecule has 1 aromatic rings. The molecular weight excluding hydrogens is 750 g/mol. The third kappa shape index (κ3) is 19.7. The number of hydrogen-bond acceptors (Lipinski definition) is 4. The van der Waals surface area contributed by atoms with E-state index in [4.69, 9.17) is 16.3 Å². The molecule has 7 heteroatoms. The molecule has 3 rings (SSSR count). The zero-order valence-corrected chi connectivity index (χ0v) is 39.1. The Morgan fingerprint density at radius 1 is 0.542 bits per heavy atom. The first-order chi connectivity index (χ1) is 28.9. The minimum Gasteiger partial charge on any atom is -0.378 e.